The summed E-state index contributed by atoms with van der Waals surface area (Å²) in [6, 6.07) is -0.0443. The smallest absolute Gasteiger partial charge is 0.314 e. The molecular formula is C9H20N2O. The van der Waals surface area contributed by atoms with E-state index < -0.39 is 0 Å². The van der Waals surface area contributed by atoms with Crippen LogP contribution in [0, 0.1) is 5.92 Å². The Kier molecular flexibility index (Phi) is 6.53. The van der Waals surface area contributed by atoms with Gasteiger partial charge in [0.1, 0.15) is 0 Å². The molecule has 0 aromatic rings. The van der Waals surface area contributed by atoms with E-state index in [1.165, 1.54) is 0 Å². The molecule has 1 unspecified atom stereocenters. The van der Waals surface area contributed by atoms with E-state index in [4.69, 9.17) is 0 Å². The second-order valence-electron chi connectivity index (χ2n) is 3.15. The molecule has 0 aliphatic rings. The normalized spacial score (nSPS) is 12.2. The SMILES string of the molecule is CCCNC(=O)NCC(C)CC. The van der Waals surface area contributed by atoms with Crippen molar-refractivity contribution in [3.8, 4) is 0 Å². The van der Waals surface area contributed by atoms with Crippen molar-refractivity contribution in [3.05, 3.63) is 0 Å². The summed E-state index contributed by atoms with van der Waals surface area (Å²) in [4.78, 5) is 11.0. The van der Waals surface area contributed by atoms with E-state index in [-0.39, 0.29) is 6.03 Å². The molecule has 72 valence electrons. The van der Waals surface area contributed by atoms with Gasteiger partial charge in [0.25, 0.3) is 0 Å². The fourth-order valence-electron chi connectivity index (χ4n) is 0.712. The molecule has 12 heavy (non-hydrogen) atoms. The Morgan fingerprint density at radius 3 is 2.50 bits per heavy atom. The van der Waals surface area contributed by atoms with E-state index in [1.54, 1.807) is 0 Å². The zero-order valence-electron chi connectivity index (χ0n) is 8.31. The van der Waals surface area contributed by atoms with Crippen LogP contribution >= 0.6 is 0 Å². The van der Waals surface area contributed by atoms with Crippen molar-refractivity contribution in [1.29, 1.82) is 0 Å². The zero-order valence-corrected chi connectivity index (χ0v) is 8.31. The Hall–Kier alpha value is -0.730. The quantitative estimate of drug-likeness (QED) is 0.651. The minimum atomic E-state index is -0.0443. The van der Waals surface area contributed by atoms with E-state index >= 15 is 0 Å². The molecule has 0 aromatic heterocycles. The van der Waals surface area contributed by atoms with Gasteiger partial charge in [-0.15, -0.1) is 0 Å². The fraction of sp³-hybridized carbons (Fsp3) is 0.889. The molecule has 0 aliphatic heterocycles. The van der Waals surface area contributed by atoms with Crippen LogP contribution in [-0.2, 0) is 0 Å². The Labute approximate surface area is 74.9 Å². The molecule has 3 nitrogen and oxygen atoms in total. The van der Waals surface area contributed by atoms with Crippen LogP contribution in [0.3, 0.4) is 0 Å². The van der Waals surface area contributed by atoms with Crippen LogP contribution in [-0.4, -0.2) is 19.1 Å². The number of rotatable bonds is 5. The van der Waals surface area contributed by atoms with E-state index in [0.717, 1.165) is 25.9 Å². The molecule has 0 saturated heterocycles. The van der Waals surface area contributed by atoms with E-state index in [2.05, 4.69) is 24.5 Å². The molecule has 0 fully saturated rings. The molecule has 0 rings (SSSR count). The Morgan fingerprint density at radius 1 is 1.33 bits per heavy atom. The lowest BCUT2D eigenvalue weighted by molar-refractivity contribution is 0.239. The summed E-state index contributed by atoms with van der Waals surface area (Å²) in [7, 11) is 0. The maximum Gasteiger partial charge on any atom is 0.314 e. The van der Waals surface area contributed by atoms with Crippen molar-refractivity contribution < 1.29 is 4.79 Å². The van der Waals surface area contributed by atoms with Crippen molar-refractivity contribution in [2.24, 2.45) is 5.92 Å². The molecule has 0 aromatic carbocycles. The van der Waals surface area contributed by atoms with Crippen molar-refractivity contribution in [3.63, 3.8) is 0 Å². The summed E-state index contributed by atoms with van der Waals surface area (Å²) in [5.41, 5.74) is 0. The first-order valence-electron chi connectivity index (χ1n) is 4.72. The largest absolute Gasteiger partial charge is 0.338 e. The van der Waals surface area contributed by atoms with Gasteiger partial charge < -0.3 is 10.6 Å². The van der Waals surface area contributed by atoms with Crippen LogP contribution in [0.25, 0.3) is 0 Å². The van der Waals surface area contributed by atoms with Gasteiger partial charge in [0, 0.05) is 13.1 Å². The van der Waals surface area contributed by atoms with Gasteiger partial charge in [-0.2, -0.15) is 0 Å². The highest BCUT2D eigenvalue weighted by atomic mass is 16.2. The number of amides is 2. The molecule has 0 saturated carbocycles. The minimum Gasteiger partial charge on any atom is -0.338 e. The predicted molar refractivity (Wildman–Crippen MR) is 51.1 cm³/mol. The molecular weight excluding hydrogens is 152 g/mol. The molecule has 2 amide bonds. The fourth-order valence-corrected chi connectivity index (χ4v) is 0.712. The Bertz CT molecular complexity index is 126. The summed E-state index contributed by atoms with van der Waals surface area (Å²) in [5, 5.41) is 5.58. The number of carbonyl (C=O) groups excluding carboxylic acids is 1. The van der Waals surface area contributed by atoms with Crippen LogP contribution in [0.4, 0.5) is 4.79 Å². The molecule has 0 bridgehead atoms. The average Bonchev–Trinajstić information content (AvgIpc) is 2.10. The third-order valence-electron chi connectivity index (χ3n) is 1.84. The van der Waals surface area contributed by atoms with E-state index in [0.29, 0.717) is 5.92 Å². The second-order valence-corrected chi connectivity index (χ2v) is 3.15. The lowest BCUT2D eigenvalue weighted by atomic mass is 10.1. The van der Waals surface area contributed by atoms with Crippen LogP contribution in [0.2, 0.25) is 0 Å². The summed E-state index contributed by atoms with van der Waals surface area (Å²) < 4.78 is 0. The highest BCUT2D eigenvalue weighted by Gasteiger charge is 2.01. The van der Waals surface area contributed by atoms with Gasteiger partial charge in [-0.1, -0.05) is 27.2 Å². The van der Waals surface area contributed by atoms with E-state index in [9.17, 15) is 4.79 Å². The van der Waals surface area contributed by atoms with Crippen LogP contribution in [0.1, 0.15) is 33.6 Å². The predicted octanol–water partition coefficient (Wildman–Crippen LogP) is 1.74. The van der Waals surface area contributed by atoms with E-state index in [1.807, 2.05) is 6.92 Å². The number of nitrogens with one attached hydrogen (secondary N) is 2. The maximum absolute atomic E-state index is 11.0. The van der Waals surface area contributed by atoms with Gasteiger partial charge >= 0.3 is 6.03 Å². The summed E-state index contributed by atoms with van der Waals surface area (Å²) in [5.74, 6) is 0.567. The van der Waals surface area contributed by atoms with Crippen molar-refractivity contribution in [2.75, 3.05) is 13.1 Å². The Balaban J connectivity index is 3.31. The molecule has 1 atom stereocenters. The second kappa shape index (κ2) is 6.95. The monoisotopic (exact) mass is 172 g/mol. The number of hydrogen-bond donors (Lipinski definition) is 2. The average molecular weight is 172 g/mol. The number of carbonyl (C=O) groups is 1. The first kappa shape index (κ1) is 11.3. The van der Waals surface area contributed by atoms with Gasteiger partial charge in [-0.05, 0) is 12.3 Å². The van der Waals surface area contributed by atoms with Gasteiger partial charge in [0.05, 0.1) is 0 Å². The first-order chi connectivity index (χ1) is 5.70. The van der Waals surface area contributed by atoms with Crippen LogP contribution < -0.4 is 10.6 Å². The van der Waals surface area contributed by atoms with Crippen molar-refractivity contribution in [2.45, 2.75) is 33.6 Å². The molecule has 2 N–H and O–H groups in total. The van der Waals surface area contributed by atoms with Gasteiger partial charge in [0.2, 0.25) is 0 Å². The molecule has 3 heteroatoms. The van der Waals surface area contributed by atoms with Crippen LogP contribution in [0.15, 0.2) is 0 Å². The van der Waals surface area contributed by atoms with Gasteiger partial charge in [0.15, 0.2) is 0 Å². The highest BCUT2D eigenvalue weighted by molar-refractivity contribution is 5.73. The summed E-state index contributed by atoms with van der Waals surface area (Å²) in [6.45, 7) is 7.81. The molecule has 0 spiro atoms. The molecule has 0 heterocycles. The topological polar surface area (TPSA) is 41.1 Å². The first-order valence-corrected chi connectivity index (χ1v) is 4.72. The van der Waals surface area contributed by atoms with Gasteiger partial charge in [-0.3, -0.25) is 0 Å². The molecule has 0 aliphatic carbocycles. The molecule has 0 radical (unpaired) electrons. The zero-order chi connectivity index (χ0) is 9.40. The maximum atomic E-state index is 11.0. The van der Waals surface area contributed by atoms with Crippen molar-refractivity contribution >= 4 is 6.03 Å². The third-order valence-corrected chi connectivity index (χ3v) is 1.84. The lowest BCUT2D eigenvalue weighted by Gasteiger charge is -2.10. The standard InChI is InChI=1S/C9H20N2O/c1-4-6-10-9(12)11-7-8(3)5-2/h8H,4-7H2,1-3H3,(H2,10,11,12). The van der Waals surface area contributed by atoms with Crippen LogP contribution in [0.5, 0.6) is 0 Å². The highest BCUT2D eigenvalue weighted by Crippen LogP contribution is 1.96. The lowest BCUT2D eigenvalue weighted by Crippen LogP contribution is -2.38. The third kappa shape index (κ3) is 6.01. The minimum absolute atomic E-state index is 0.0443. The number of urea groups is 1. The summed E-state index contributed by atoms with van der Waals surface area (Å²) in [6.07, 6.45) is 2.09. The van der Waals surface area contributed by atoms with Gasteiger partial charge in [-0.25, -0.2) is 4.79 Å². The number of hydrogen-bond acceptors (Lipinski definition) is 1. The summed E-state index contributed by atoms with van der Waals surface area (Å²) >= 11 is 0. The Morgan fingerprint density at radius 2 is 2.00 bits per heavy atom. The van der Waals surface area contributed by atoms with Crippen molar-refractivity contribution in [1.82, 2.24) is 10.6 Å².